The highest BCUT2D eigenvalue weighted by Gasteiger charge is 2.17. The number of hydrogen-bond acceptors (Lipinski definition) is 2. The van der Waals surface area contributed by atoms with Crippen LogP contribution in [-0.2, 0) is 7.05 Å². The van der Waals surface area contributed by atoms with Crippen molar-refractivity contribution >= 4 is 5.91 Å². The zero-order valence-corrected chi connectivity index (χ0v) is 11.1. The van der Waals surface area contributed by atoms with Crippen LogP contribution in [0.2, 0.25) is 0 Å². The topological polar surface area (TPSA) is 46.9 Å². The van der Waals surface area contributed by atoms with Gasteiger partial charge in [-0.15, -0.1) is 0 Å². The molecule has 0 saturated heterocycles. The van der Waals surface area contributed by atoms with E-state index in [1.54, 1.807) is 23.0 Å². The van der Waals surface area contributed by atoms with Gasteiger partial charge in [-0.05, 0) is 26.0 Å². The second-order valence-electron chi connectivity index (χ2n) is 4.48. The predicted molar refractivity (Wildman–Crippen MR) is 70.2 cm³/mol. The van der Waals surface area contributed by atoms with Crippen molar-refractivity contribution in [2.75, 3.05) is 0 Å². The number of halogens is 1. The SMILES string of the molecule is Cc1c(C(C)NC(=O)c2ccccc2F)cnn1C. The Hall–Kier alpha value is -2.17. The predicted octanol–water partition coefficient (Wildman–Crippen LogP) is 2.36. The third-order valence-electron chi connectivity index (χ3n) is 3.21. The molecular formula is C14H16FN3O. The third-order valence-corrected chi connectivity index (χ3v) is 3.21. The van der Waals surface area contributed by atoms with Crippen molar-refractivity contribution in [1.29, 1.82) is 0 Å². The van der Waals surface area contributed by atoms with Crippen molar-refractivity contribution < 1.29 is 9.18 Å². The van der Waals surface area contributed by atoms with E-state index < -0.39 is 11.7 Å². The number of hydrogen-bond donors (Lipinski definition) is 1. The van der Waals surface area contributed by atoms with Crippen molar-refractivity contribution in [3.8, 4) is 0 Å². The number of aromatic nitrogens is 2. The summed E-state index contributed by atoms with van der Waals surface area (Å²) < 4.78 is 15.2. The van der Waals surface area contributed by atoms with Gasteiger partial charge in [0.25, 0.3) is 5.91 Å². The summed E-state index contributed by atoms with van der Waals surface area (Å²) in [6.07, 6.45) is 1.71. The molecule has 0 radical (unpaired) electrons. The average molecular weight is 261 g/mol. The molecule has 1 atom stereocenters. The number of aryl methyl sites for hydroxylation is 1. The van der Waals surface area contributed by atoms with Crippen LogP contribution < -0.4 is 5.32 Å². The van der Waals surface area contributed by atoms with Gasteiger partial charge in [-0.1, -0.05) is 12.1 Å². The minimum atomic E-state index is -0.518. The molecule has 1 heterocycles. The fourth-order valence-corrected chi connectivity index (χ4v) is 1.94. The van der Waals surface area contributed by atoms with Gasteiger partial charge in [-0.25, -0.2) is 4.39 Å². The normalized spacial score (nSPS) is 12.2. The molecule has 0 aliphatic rings. The van der Waals surface area contributed by atoms with Crippen LogP contribution in [0.4, 0.5) is 4.39 Å². The summed E-state index contributed by atoms with van der Waals surface area (Å²) in [5, 5.41) is 6.90. The Kier molecular flexibility index (Phi) is 3.64. The Balaban J connectivity index is 2.16. The molecule has 19 heavy (non-hydrogen) atoms. The minimum Gasteiger partial charge on any atom is -0.345 e. The molecule has 0 aliphatic heterocycles. The number of rotatable bonds is 3. The number of carbonyl (C=O) groups excluding carboxylic acids is 1. The zero-order valence-electron chi connectivity index (χ0n) is 11.1. The Morgan fingerprint density at radius 2 is 2.11 bits per heavy atom. The fraction of sp³-hybridized carbons (Fsp3) is 0.286. The second kappa shape index (κ2) is 5.22. The van der Waals surface area contributed by atoms with E-state index in [9.17, 15) is 9.18 Å². The molecule has 1 amide bonds. The molecule has 1 unspecified atom stereocenters. The van der Waals surface area contributed by atoms with E-state index in [2.05, 4.69) is 10.4 Å². The van der Waals surface area contributed by atoms with E-state index in [1.807, 2.05) is 20.9 Å². The van der Waals surface area contributed by atoms with E-state index in [1.165, 1.54) is 12.1 Å². The first-order valence-electron chi connectivity index (χ1n) is 6.04. The van der Waals surface area contributed by atoms with E-state index >= 15 is 0 Å². The third kappa shape index (κ3) is 2.65. The summed E-state index contributed by atoms with van der Waals surface area (Å²) in [5.41, 5.74) is 1.95. The molecule has 5 heteroatoms. The standard InChI is InChI=1S/C14H16FN3O/c1-9(12-8-16-18(3)10(12)2)17-14(19)11-6-4-5-7-13(11)15/h4-9H,1-3H3,(H,17,19). The van der Waals surface area contributed by atoms with Crippen LogP contribution in [0.3, 0.4) is 0 Å². The molecule has 2 aromatic rings. The molecule has 0 spiro atoms. The van der Waals surface area contributed by atoms with Crippen molar-refractivity contribution in [1.82, 2.24) is 15.1 Å². The summed E-state index contributed by atoms with van der Waals surface area (Å²) in [6, 6.07) is 5.71. The largest absolute Gasteiger partial charge is 0.345 e. The Morgan fingerprint density at radius 3 is 2.68 bits per heavy atom. The van der Waals surface area contributed by atoms with Crippen LogP contribution in [-0.4, -0.2) is 15.7 Å². The van der Waals surface area contributed by atoms with Gasteiger partial charge < -0.3 is 5.32 Å². The van der Waals surface area contributed by atoms with Crippen LogP contribution in [0.5, 0.6) is 0 Å². The molecular weight excluding hydrogens is 245 g/mol. The van der Waals surface area contributed by atoms with Crippen LogP contribution in [0, 0.1) is 12.7 Å². The average Bonchev–Trinajstić information content (AvgIpc) is 2.70. The Labute approximate surface area is 111 Å². The van der Waals surface area contributed by atoms with Crippen molar-refractivity contribution in [2.45, 2.75) is 19.9 Å². The lowest BCUT2D eigenvalue weighted by Gasteiger charge is -2.14. The number of nitrogens with zero attached hydrogens (tertiary/aromatic N) is 2. The molecule has 100 valence electrons. The lowest BCUT2D eigenvalue weighted by Crippen LogP contribution is -2.27. The van der Waals surface area contributed by atoms with Gasteiger partial charge in [0, 0.05) is 18.3 Å². The lowest BCUT2D eigenvalue weighted by molar-refractivity contribution is 0.0935. The van der Waals surface area contributed by atoms with Crippen molar-refractivity contribution in [2.24, 2.45) is 7.05 Å². The van der Waals surface area contributed by atoms with Gasteiger partial charge in [0.15, 0.2) is 0 Å². The number of nitrogens with one attached hydrogen (secondary N) is 1. The summed E-state index contributed by atoms with van der Waals surface area (Å²) in [6.45, 7) is 3.77. The van der Waals surface area contributed by atoms with Crippen molar-refractivity contribution in [3.05, 3.63) is 53.1 Å². The van der Waals surface area contributed by atoms with E-state index in [-0.39, 0.29) is 11.6 Å². The van der Waals surface area contributed by atoms with Crippen LogP contribution in [0.1, 0.15) is 34.6 Å². The molecule has 4 nitrogen and oxygen atoms in total. The molecule has 0 saturated carbocycles. The van der Waals surface area contributed by atoms with Gasteiger partial charge in [-0.3, -0.25) is 9.48 Å². The maximum absolute atomic E-state index is 13.5. The molecule has 1 N–H and O–H groups in total. The maximum atomic E-state index is 13.5. The monoisotopic (exact) mass is 261 g/mol. The van der Waals surface area contributed by atoms with Gasteiger partial charge in [-0.2, -0.15) is 5.10 Å². The molecule has 0 aliphatic carbocycles. The van der Waals surface area contributed by atoms with Gasteiger partial charge in [0.2, 0.25) is 0 Å². The maximum Gasteiger partial charge on any atom is 0.254 e. The fourth-order valence-electron chi connectivity index (χ4n) is 1.94. The van der Waals surface area contributed by atoms with Gasteiger partial charge >= 0.3 is 0 Å². The molecule has 0 bridgehead atoms. The number of carbonyl (C=O) groups is 1. The van der Waals surface area contributed by atoms with Crippen LogP contribution >= 0.6 is 0 Å². The minimum absolute atomic E-state index is 0.0518. The molecule has 0 fully saturated rings. The highest BCUT2D eigenvalue weighted by molar-refractivity contribution is 5.94. The van der Waals surface area contributed by atoms with Gasteiger partial charge in [0.1, 0.15) is 5.82 Å². The smallest absolute Gasteiger partial charge is 0.254 e. The Bertz CT molecular complexity index is 606. The zero-order chi connectivity index (χ0) is 14.0. The van der Waals surface area contributed by atoms with Crippen LogP contribution in [0.15, 0.2) is 30.5 Å². The molecule has 1 aromatic heterocycles. The lowest BCUT2D eigenvalue weighted by atomic mass is 10.1. The quantitative estimate of drug-likeness (QED) is 0.922. The highest BCUT2D eigenvalue weighted by Crippen LogP contribution is 2.17. The summed E-state index contributed by atoms with van der Waals surface area (Å²) in [5.74, 6) is -0.941. The summed E-state index contributed by atoms with van der Waals surface area (Å²) in [4.78, 5) is 12.0. The highest BCUT2D eigenvalue weighted by atomic mass is 19.1. The van der Waals surface area contributed by atoms with E-state index in [4.69, 9.17) is 0 Å². The number of amides is 1. The Morgan fingerprint density at radius 1 is 1.42 bits per heavy atom. The van der Waals surface area contributed by atoms with Gasteiger partial charge in [0.05, 0.1) is 17.8 Å². The van der Waals surface area contributed by atoms with E-state index in [0.29, 0.717) is 0 Å². The molecule has 1 aromatic carbocycles. The van der Waals surface area contributed by atoms with Crippen LogP contribution in [0.25, 0.3) is 0 Å². The summed E-state index contributed by atoms with van der Waals surface area (Å²) in [7, 11) is 1.84. The number of benzene rings is 1. The first kappa shape index (κ1) is 13.3. The van der Waals surface area contributed by atoms with Crippen molar-refractivity contribution in [3.63, 3.8) is 0 Å². The van der Waals surface area contributed by atoms with E-state index in [0.717, 1.165) is 11.3 Å². The second-order valence-corrected chi connectivity index (χ2v) is 4.48. The molecule has 2 rings (SSSR count). The first-order valence-corrected chi connectivity index (χ1v) is 6.04. The first-order chi connectivity index (χ1) is 9.00. The summed E-state index contributed by atoms with van der Waals surface area (Å²) >= 11 is 0.